The number of rotatable bonds is 3. The number of halogens is 1. The van der Waals surface area contributed by atoms with Crippen LogP contribution in [0.2, 0.25) is 0 Å². The Morgan fingerprint density at radius 2 is 2.04 bits per heavy atom. The van der Waals surface area contributed by atoms with E-state index in [0.717, 1.165) is 12.0 Å². The van der Waals surface area contributed by atoms with Gasteiger partial charge in [-0.2, -0.15) is 0 Å². The van der Waals surface area contributed by atoms with Crippen LogP contribution in [0.4, 0.5) is 15.8 Å². The van der Waals surface area contributed by atoms with Gasteiger partial charge in [0, 0.05) is 18.0 Å². The first-order chi connectivity index (χ1) is 12.0. The maximum Gasteiger partial charge on any atom is 0.228 e. The average Bonchev–Trinajstić information content (AvgIpc) is 3.37. The topological polar surface area (TPSA) is 58.2 Å². The van der Waals surface area contributed by atoms with Gasteiger partial charge in [0.15, 0.2) is 0 Å². The van der Waals surface area contributed by atoms with Crippen molar-refractivity contribution in [3.63, 3.8) is 0 Å². The van der Waals surface area contributed by atoms with E-state index in [2.05, 4.69) is 16.7 Å². The smallest absolute Gasteiger partial charge is 0.228 e. The van der Waals surface area contributed by atoms with Crippen LogP contribution in [0.1, 0.15) is 35.4 Å². The van der Waals surface area contributed by atoms with Crippen molar-refractivity contribution in [2.45, 2.75) is 32.1 Å². The van der Waals surface area contributed by atoms with Crippen molar-refractivity contribution in [1.29, 1.82) is 0 Å². The monoisotopic (exact) mass is 338 g/mol. The highest BCUT2D eigenvalue weighted by molar-refractivity contribution is 5.97. The Balaban J connectivity index is 1.49. The molecule has 1 fully saturated rings. The minimum Gasteiger partial charge on any atom is -0.326 e. The number of carbonyl (C=O) groups excluding carboxylic acids is 2. The number of hydrogen-bond donors (Lipinski definition) is 2. The first-order valence-electron chi connectivity index (χ1n) is 8.51. The van der Waals surface area contributed by atoms with Gasteiger partial charge in [-0.15, -0.1) is 0 Å². The lowest BCUT2D eigenvalue weighted by Crippen LogP contribution is -2.21. The molecule has 0 radical (unpaired) electrons. The molecule has 5 heteroatoms. The molecule has 128 valence electrons. The third-order valence-corrected chi connectivity index (χ3v) is 5.06. The molecule has 0 aromatic heterocycles. The zero-order valence-electron chi connectivity index (χ0n) is 13.9. The lowest BCUT2D eigenvalue weighted by molar-refractivity contribution is -0.117. The normalized spacial score (nSPS) is 21.3. The van der Waals surface area contributed by atoms with Gasteiger partial charge in [-0.1, -0.05) is 24.3 Å². The number of fused-ring (bicyclic) bond motifs is 1. The lowest BCUT2D eigenvalue weighted by Gasteiger charge is -2.18. The molecule has 25 heavy (non-hydrogen) atoms. The Labute approximate surface area is 145 Å². The van der Waals surface area contributed by atoms with Crippen molar-refractivity contribution >= 4 is 23.2 Å². The van der Waals surface area contributed by atoms with E-state index in [1.807, 2.05) is 25.1 Å². The SMILES string of the molecule is Cc1ccccc1[C@@H]1C[C@H]1C(=O)Nc1cc2c(cc1F)NC(=O)CC2. The molecular formula is C20H19FN2O2. The summed E-state index contributed by atoms with van der Waals surface area (Å²) in [7, 11) is 0. The first-order valence-corrected chi connectivity index (χ1v) is 8.51. The predicted molar refractivity (Wildman–Crippen MR) is 94.0 cm³/mol. The summed E-state index contributed by atoms with van der Waals surface area (Å²) in [5, 5.41) is 5.39. The number of benzene rings is 2. The maximum atomic E-state index is 14.3. The highest BCUT2D eigenvalue weighted by atomic mass is 19.1. The molecule has 0 saturated heterocycles. The minimum atomic E-state index is -0.526. The molecule has 2 aromatic rings. The molecular weight excluding hydrogens is 319 g/mol. The van der Waals surface area contributed by atoms with Gasteiger partial charge in [0.25, 0.3) is 0 Å². The fraction of sp³-hybridized carbons (Fsp3) is 0.300. The van der Waals surface area contributed by atoms with Crippen LogP contribution in [0.3, 0.4) is 0 Å². The quantitative estimate of drug-likeness (QED) is 0.895. The molecule has 2 N–H and O–H groups in total. The number of carbonyl (C=O) groups is 2. The van der Waals surface area contributed by atoms with Crippen LogP contribution >= 0.6 is 0 Å². The van der Waals surface area contributed by atoms with E-state index in [9.17, 15) is 14.0 Å². The Morgan fingerprint density at radius 3 is 2.84 bits per heavy atom. The van der Waals surface area contributed by atoms with Crippen molar-refractivity contribution in [1.82, 2.24) is 0 Å². The van der Waals surface area contributed by atoms with Crippen molar-refractivity contribution in [3.05, 3.63) is 58.9 Å². The Kier molecular flexibility index (Phi) is 3.79. The Hall–Kier alpha value is -2.69. The highest BCUT2D eigenvalue weighted by Gasteiger charge is 2.44. The van der Waals surface area contributed by atoms with Crippen molar-refractivity contribution in [2.75, 3.05) is 10.6 Å². The third-order valence-electron chi connectivity index (χ3n) is 5.06. The Morgan fingerprint density at radius 1 is 1.24 bits per heavy atom. The molecule has 1 aliphatic carbocycles. The summed E-state index contributed by atoms with van der Waals surface area (Å²) < 4.78 is 14.3. The van der Waals surface area contributed by atoms with Crippen LogP contribution in [-0.2, 0) is 16.0 Å². The number of nitrogens with one attached hydrogen (secondary N) is 2. The number of amides is 2. The fourth-order valence-corrected chi connectivity index (χ4v) is 3.55. The number of hydrogen-bond acceptors (Lipinski definition) is 2. The fourth-order valence-electron chi connectivity index (χ4n) is 3.55. The zero-order valence-corrected chi connectivity index (χ0v) is 13.9. The van der Waals surface area contributed by atoms with Crippen LogP contribution in [0, 0.1) is 18.7 Å². The molecule has 0 bridgehead atoms. The molecule has 0 unspecified atom stereocenters. The molecule has 1 saturated carbocycles. The van der Waals surface area contributed by atoms with E-state index >= 15 is 0 Å². The van der Waals surface area contributed by atoms with Gasteiger partial charge >= 0.3 is 0 Å². The van der Waals surface area contributed by atoms with E-state index in [4.69, 9.17) is 0 Å². The highest BCUT2D eigenvalue weighted by Crippen LogP contribution is 2.49. The van der Waals surface area contributed by atoms with Gasteiger partial charge < -0.3 is 10.6 Å². The van der Waals surface area contributed by atoms with Gasteiger partial charge in [0.2, 0.25) is 11.8 Å². The van der Waals surface area contributed by atoms with Crippen molar-refractivity contribution < 1.29 is 14.0 Å². The molecule has 2 aliphatic rings. The summed E-state index contributed by atoms with van der Waals surface area (Å²) in [6.07, 6.45) is 1.73. The van der Waals surface area contributed by atoms with Gasteiger partial charge in [0.05, 0.1) is 5.69 Å². The van der Waals surface area contributed by atoms with Crippen LogP contribution in [0.25, 0.3) is 0 Å². The average molecular weight is 338 g/mol. The summed E-state index contributed by atoms with van der Waals surface area (Å²) >= 11 is 0. The first kappa shape index (κ1) is 15.8. The lowest BCUT2D eigenvalue weighted by atomic mass is 10.0. The van der Waals surface area contributed by atoms with Gasteiger partial charge in [-0.25, -0.2) is 4.39 Å². The molecule has 2 amide bonds. The van der Waals surface area contributed by atoms with Crippen LogP contribution < -0.4 is 10.6 Å². The van der Waals surface area contributed by atoms with Gasteiger partial charge in [-0.05, 0) is 54.5 Å². The minimum absolute atomic E-state index is 0.109. The van der Waals surface area contributed by atoms with E-state index in [1.54, 1.807) is 6.07 Å². The van der Waals surface area contributed by atoms with E-state index in [1.165, 1.54) is 17.2 Å². The second kappa shape index (κ2) is 5.99. The van der Waals surface area contributed by atoms with Crippen LogP contribution in [-0.4, -0.2) is 11.8 Å². The molecule has 2 aromatic carbocycles. The zero-order chi connectivity index (χ0) is 17.6. The predicted octanol–water partition coefficient (Wildman–Crippen LogP) is 3.76. The number of aryl methyl sites for hydroxylation is 2. The van der Waals surface area contributed by atoms with Crippen molar-refractivity contribution in [2.24, 2.45) is 5.92 Å². The maximum absolute atomic E-state index is 14.3. The van der Waals surface area contributed by atoms with Crippen molar-refractivity contribution in [3.8, 4) is 0 Å². The van der Waals surface area contributed by atoms with E-state index in [0.29, 0.717) is 18.5 Å². The van der Waals surface area contributed by atoms with Crippen LogP contribution in [0.5, 0.6) is 0 Å². The standard InChI is InChI=1S/C20H19FN2O2/c1-11-4-2-3-5-13(11)14-9-15(14)20(25)23-18-8-12-6-7-19(24)22-17(12)10-16(18)21/h2-5,8,10,14-15H,6-7,9H2,1H3,(H,22,24)(H,23,25)/t14-,15+/m0/s1. The summed E-state index contributed by atoms with van der Waals surface area (Å²) in [5.74, 6) is -0.686. The summed E-state index contributed by atoms with van der Waals surface area (Å²) in [5.41, 5.74) is 3.91. The summed E-state index contributed by atoms with van der Waals surface area (Å²) in [6, 6.07) is 11.0. The summed E-state index contributed by atoms with van der Waals surface area (Å²) in [6.45, 7) is 2.04. The Bertz CT molecular complexity index is 878. The molecule has 4 nitrogen and oxygen atoms in total. The molecule has 2 atom stereocenters. The second-order valence-electron chi connectivity index (χ2n) is 6.83. The molecule has 0 spiro atoms. The second-order valence-corrected chi connectivity index (χ2v) is 6.83. The van der Waals surface area contributed by atoms with E-state index in [-0.39, 0.29) is 29.3 Å². The van der Waals surface area contributed by atoms with E-state index < -0.39 is 5.82 Å². The van der Waals surface area contributed by atoms with Crippen LogP contribution in [0.15, 0.2) is 36.4 Å². The molecule has 1 heterocycles. The van der Waals surface area contributed by atoms with Gasteiger partial charge in [-0.3, -0.25) is 9.59 Å². The molecule has 1 aliphatic heterocycles. The van der Waals surface area contributed by atoms with Gasteiger partial charge in [0.1, 0.15) is 5.82 Å². The summed E-state index contributed by atoms with van der Waals surface area (Å²) in [4.78, 5) is 23.9. The third kappa shape index (κ3) is 3.02. The largest absolute Gasteiger partial charge is 0.326 e. The number of anilines is 2. The molecule has 4 rings (SSSR count).